The van der Waals surface area contributed by atoms with Crippen molar-refractivity contribution in [2.24, 2.45) is 0 Å². The van der Waals surface area contributed by atoms with Gasteiger partial charge in [-0.05, 0) is 56.7 Å². The van der Waals surface area contributed by atoms with Gasteiger partial charge in [-0.2, -0.15) is 0 Å². The van der Waals surface area contributed by atoms with E-state index in [0.29, 0.717) is 12.4 Å². The van der Waals surface area contributed by atoms with Crippen LogP contribution in [0, 0.1) is 13.8 Å². The summed E-state index contributed by atoms with van der Waals surface area (Å²) in [5, 5.41) is 2.90. The fraction of sp³-hybridized carbons (Fsp3) is 0.278. The van der Waals surface area contributed by atoms with Crippen LogP contribution in [0.25, 0.3) is 0 Å². The van der Waals surface area contributed by atoms with Crippen LogP contribution in [0.1, 0.15) is 18.1 Å². The largest absolute Gasteiger partial charge is 0.494 e. The zero-order valence-corrected chi connectivity index (χ0v) is 14.0. The minimum Gasteiger partial charge on any atom is -0.494 e. The standard InChI is InChI=1S/C18H21NO2S/c1-4-21-16-9-7-15(8-10-16)19-18(20)12-22-17-11-13(2)5-6-14(17)3/h5-11H,4,12H2,1-3H3,(H,19,20). The van der Waals surface area contributed by atoms with E-state index in [9.17, 15) is 4.79 Å². The molecule has 0 atom stereocenters. The monoisotopic (exact) mass is 315 g/mol. The van der Waals surface area contributed by atoms with Crippen molar-refractivity contribution in [1.82, 2.24) is 0 Å². The average Bonchev–Trinajstić information content (AvgIpc) is 2.50. The molecule has 0 aliphatic heterocycles. The number of hydrogen-bond acceptors (Lipinski definition) is 3. The van der Waals surface area contributed by atoms with E-state index in [1.165, 1.54) is 11.1 Å². The van der Waals surface area contributed by atoms with Crippen LogP contribution >= 0.6 is 11.8 Å². The summed E-state index contributed by atoms with van der Waals surface area (Å²) in [7, 11) is 0. The normalized spacial score (nSPS) is 10.3. The van der Waals surface area contributed by atoms with Crippen LogP contribution < -0.4 is 10.1 Å². The topological polar surface area (TPSA) is 38.3 Å². The van der Waals surface area contributed by atoms with Crippen LogP contribution in [0.5, 0.6) is 5.75 Å². The van der Waals surface area contributed by atoms with Crippen LogP contribution in [0.3, 0.4) is 0 Å². The maximum atomic E-state index is 12.0. The van der Waals surface area contributed by atoms with Crippen molar-refractivity contribution in [2.45, 2.75) is 25.7 Å². The fourth-order valence-electron chi connectivity index (χ4n) is 2.00. The van der Waals surface area contributed by atoms with Gasteiger partial charge < -0.3 is 10.1 Å². The van der Waals surface area contributed by atoms with E-state index >= 15 is 0 Å². The summed E-state index contributed by atoms with van der Waals surface area (Å²) in [5.74, 6) is 1.21. The Kier molecular flexibility index (Phi) is 5.90. The lowest BCUT2D eigenvalue weighted by atomic mass is 10.2. The van der Waals surface area contributed by atoms with Gasteiger partial charge in [-0.3, -0.25) is 4.79 Å². The molecule has 0 aromatic heterocycles. The van der Waals surface area contributed by atoms with Crippen molar-refractivity contribution in [3.05, 3.63) is 53.6 Å². The molecule has 1 amide bonds. The fourth-order valence-corrected chi connectivity index (χ4v) is 2.93. The molecule has 0 spiro atoms. The van der Waals surface area contributed by atoms with E-state index in [0.717, 1.165) is 16.3 Å². The third-order valence-electron chi connectivity index (χ3n) is 3.15. The molecule has 2 aromatic carbocycles. The predicted octanol–water partition coefficient (Wildman–Crippen LogP) is 4.43. The van der Waals surface area contributed by atoms with E-state index in [-0.39, 0.29) is 5.91 Å². The summed E-state index contributed by atoms with van der Waals surface area (Å²) in [5.41, 5.74) is 3.19. The number of ether oxygens (including phenoxy) is 1. The molecule has 0 radical (unpaired) electrons. The molecule has 0 saturated heterocycles. The maximum Gasteiger partial charge on any atom is 0.234 e. The first-order valence-corrected chi connectivity index (χ1v) is 8.30. The Morgan fingerprint density at radius 1 is 1.14 bits per heavy atom. The minimum absolute atomic E-state index is 0.00457. The second kappa shape index (κ2) is 7.90. The van der Waals surface area contributed by atoms with Crippen LogP contribution in [0.15, 0.2) is 47.4 Å². The van der Waals surface area contributed by atoms with Crippen molar-refractivity contribution >= 4 is 23.4 Å². The van der Waals surface area contributed by atoms with Gasteiger partial charge in [0.1, 0.15) is 5.75 Å². The molecular weight excluding hydrogens is 294 g/mol. The number of benzene rings is 2. The number of rotatable bonds is 6. The minimum atomic E-state index is -0.00457. The molecule has 0 aliphatic carbocycles. The number of carbonyl (C=O) groups excluding carboxylic acids is 1. The Morgan fingerprint density at radius 2 is 1.86 bits per heavy atom. The molecule has 4 heteroatoms. The number of nitrogens with one attached hydrogen (secondary N) is 1. The van der Waals surface area contributed by atoms with Crippen LogP contribution in [-0.2, 0) is 4.79 Å². The quantitative estimate of drug-likeness (QED) is 0.801. The molecule has 1 N–H and O–H groups in total. The highest BCUT2D eigenvalue weighted by Crippen LogP contribution is 2.24. The summed E-state index contributed by atoms with van der Waals surface area (Å²) in [4.78, 5) is 13.2. The number of aryl methyl sites for hydroxylation is 2. The predicted molar refractivity (Wildman–Crippen MR) is 92.9 cm³/mol. The molecule has 0 unspecified atom stereocenters. The maximum absolute atomic E-state index is 12.0. The van der Waals surface area contributed by atoms with E-state index in [1.807, 2.05) is 31.2 Å². The molecule has 116 valence electrons. The molecule has 0 saturated carbocycles. The Hall–Kier alpha value is -1.94. The number of anilines is 1. The lowest BCUT2D eigenvalue weighted by Gasteiger charge is -2.08. The molecule has 2 rings (SSSR count). The van der Waals surface area contributed by atoms with Gasteiger partial charge in [0.2, 0.25) is 5.91 Å². The van der Waals surface area contributed by atoms with Gasteiger partial charge in [-0.15, -0.1) is 11.8 Å². The lowest BCUT2D eigenvalue weighted by molar-refractivity contribution is -0.113. The van der Waals surface area contributed by atoms with Crippen molar-refractivity contribution < 1.29 is 9.53 Å². The van der Waals surface area contributed by atoms with Crippen LogP contribution in [-0.4, -0.2) is 18.3 Å². The van der Waals surface area contributed by atoms with E-state index in [1.54, 1.807) is 11.8 Å². The van der Waals surface area contributed by atoms with Gasteiger partial charge in [-0.1, -0.05) is 17.7 Å². The number of thioether (sulfide) groups is 1. The summed E-state index contributed by atoms with van der Waals surface area (Å²) in [6, 6.07) is 13.7. The van der Waals surface area contributed by atoms with Gasteiger partial charge in [0.25, 0.3) is 0 Å². The Bertz CT molecular complexity index is 638. The lowest BCUT2D eigenvalue weighted by Crippen LogP contribution is -2.14. The van der Waals surface area contributed by atoms with Crippen molar-refractivity contribution in [3.8, 4) is 5.75 Å². The van der Waals surface area contributed by atoms with Gasteiger partial charge >= 0.3 is 0 Å². The SMILES string of the molecule is CCOc1ccc(NC(=O)CSc2cc(C)ccc2C)cc1. The van der Waals surface area contributed by atoms with Gasteiger partial charge in [0.05, 0.1) is 12.4 Å². The second-order valence-corrected chi connectivity index (χ2v) is 6.08. The summed E-state index contributed by atoms with van der Waals surface area (Å²) >= 11 is 1.56. The van der Waals surface area contributed by atoms with Gasteiger partial charge in [0.15, 0.2) is 0 Å². The summed E-state index contributed by atoms with van der Waals surface area (Å²) in [6.45, 7) is 6.70. The van der Waals surface area contributed by atoms with Crippen molar-refractivity contribution in [2.75, 3.05) is 17.7 Å². The zero-order chi connectivity index (χ0) is 15.9. The molecule has 0 bridgehead atoms. The molecule has 2 aromatic rings. The highest BCUT2D eigenvalue weighted by molar-refractivity contribution is 8.00. The Labute approximate surface area is 136 Å². The second-order valence-electron chi connectivity index (χ2n) is 5.06. The molecular formula is C18H21NO2S. The molecule has 3 nitrogen and oxygen atoms in total. The smallest absolute Gasteiger partial charge is 0.234 e. The zero-order valence-electron chi connectivity index (χ0n) is 13.2. The molecule has 0 fully saturated rings. The summed E-state index contributed by atoms with van der Waals surface area (Å²) < 4.78 is 5.38. The van der Waals surface area contributed by atoms with Crippen LogP contribution in [0.2, 0.25) is 0 Å². The van der Waals surface area contributed by atoms with Crippen molar-refractivity contribution in [3.63, 3.8) is 0 Å². The highest BCUT2D eigenvalue weighted by Gasteiger charge is 2.06. The first kappa shape index (κ1) is 16.4. The average molecular weight is 315 g/mol. The number of hydrogen-bond donors (Lipinski definition) is 1. The third-order valence-corrected chi connectivity index (χ3v) is 4.31. The Balaban J connectivity index is 1.88. The highest BCUT2D eigenvalue weighted by atomic mass is 32.2. The van der Waals surface area contributed by atoms with E-state index in [2.05, 4.69) is 37.4 Å². The summed E-state index contributed by atoms with van der Waals surface area (Å²) in [6.07, 6.45) is 0. The number of amides is 1. The first-order chi connectivity index (χ1) is 10.6. The van der Waals surface area contributed by atoms with E-state index < -0.39 is 0 Å². The van der Waals surface area contributed by atoms with E-state index in [4.69, 9.17) is 4.74 Å². The molecule has 0 aliphatic rings. The number of carbonyl (C=O) groups is 1. The van der Waals surface area contributed by atoms with Gasteiger partial charge in [0, 0.05) is 10.6 Å². The van der Waals surface area contributed by atoms with Crippen LogP contribution in [0.4, 0.5) is 5.69 Å². The van der Waals surface area contributed by atoms with Crippen molar-refractivity contribution in [1.29, 1.82) is 0 Å². The first-order valence-electron chi connectivity index (χ1n) is 7.31. The molecule has 22 heavy (non-hydrogen) atoms. The Morgan fingerprint density at radius 3 is 2.55 bits per heavy atom. The molecule has 0 heterocycles. The third kappa shape index (κ3) is 4.81. The van der Waals surface area contributed by atoms with Gasteiger partial charge in [-0.25, -0.2) is 0 Å².